The first kappa shape index (κ1) is 24.4. The van der Waals surface area contributed by atoms with Gasteiger partial charge in [0.2, 0.25) is 5.78 Å². The van der Waals surface area contributed by atoms with Gasteiger partial charge >= 0.3 is 0 Å². The van der Waals surface area contributed by atoms with Crippen LogP contribution in [0.15, 0.2) is 66.9 Å². The van der Waals surface area contributed by atoms with Gasteiger partial charge in [-0.2, -0.15) is 0 Å². The van der Waals surface area contributed by atoms with Crippen molar-refractivity contribution in [1.29, 1.82) is 0 Å². The van der Waals surface area contributed by atoms with Crippen molar-refractivity contribution in [3.63, 3.8) is 0 Å². The lowest BCUT2D eigenvalue weighted by atomic mass is 9.83. The fourth-order valence-electron chi connectivity index (χ4n) is 4.04. The number of ketones is 1. The number of nitrogens with one attached hydrogen (secondary N) is 2. The number of carbonyl (C=O) groups excluding carboxylic acids is 3. The molecule has 10 heteroatoms. The van der Waals surface area contributed by atoms with Crippen molar-refractivity contribution < 1.29 is 23.2 Å². The zero-order valence-electron chi connectivity index (χ0n) is 19.4. The van der Waals surface area contributed by atoms with Crippen molar-refractivity contribution in [2.45, 2.75) is 19.8 Å². The molecule has 1 aromatic carbocycles. The summed E-state index contributed by atoms with van der Waals surface area (Å²) in [6.45, 7) is 6.35. The number of Topliss-reactive ketones (excluding diaryl/α,β-unsaturated/α-hetero) is 1. The third-order valence-electron chi connectivity index (χ3n) is 5.69. The van der Waals surface area contributed by atoms with E-state index < -0.39 is 35.2 Å². The van der Waals surface area contributed by atoms with E-state index in [1.807, 2.05) is 0 Å². The lowest BCUT2D eigenvalue weighted by Crippen LogP contribution is -2.21. The van der Waals surface area contributed by atoms with Crippen LogP contribution >= 0.6 is 0 Å². The van der Waals surface area contributed by atoms with E-state index in [1.165, 1.54) is 30.5 Å². The number of aromatic amines is 1. The summed E-state index contributed by atoms with van der Waals surface area (Å²) < 4.78 is 28.3. The largest absolute Gasteiger partial charge is 0.364 e. The van der Waals surface area contributed by atoms with Crippen LogP contribution in [0.3, 0.4) is 0 Å². The smallest absolute Gasteiger partial charge is 0.283 e. The third-order valence-corrected chi connectivity index (χ3v) is 5.69. The van der Waals surface area contributed by atoms with Gasteiger partial charge in [-0.25, -0.2) is 18.7 Å². The lowest BCUT2D eigenvalue weighted by Gasteiger charge is -2.19. The second-order valence-electron chi connectivity index (χ2n) is 8.16. The van der Waals surface area contributed by atoms with Crippen LogP contribution in [0.5, 0.6) is 0 Å². The van der Waals surface area contributed by atoms with Gasteiger partial charge in [0.05, 0.1) is 11.5 Å². The average Bonchev–Trinajstić information content (AvgIpc) is 3.18. The Balaban J connectivity index is 1.77. The van der Waals surface area contributed by atoms with Crippen LogP contribution in [0.25, 0.3) is 16.7 Å². The highest BCUT2D eigenvalue weighted by molar-refractivity contribution is 6.11. The summed E-state index contributed by atoms with van der Waals surface area (Å²) in [5.41, 5.74) is 8.18. The number of rotatable bonds is 6. The summed E-state index contributed by atoms with van der Waals surface area (Å²) in [6.07, 6.45) is 4.36. The molecule has 0 radical (unpaired) electrons. The van der Waals surface area contributed by atoms with Crippen LogP contribution in [0.1, 0.15) is 39.2 Å². The summed E-state index contributed by atoms with van der Waals surface area (Å²) in [7, 11) is 0. The summed E-state index contributed by atoms with van der Waals surface area (Å²) in [5, 5.41) is 2.35. The highest BCUT2D eigenvalue weighted by atomic mass is 19.1. The molecule has 1 aliphatic carbocycles. The van der Waals surface area contributed by atoms with Crippen LogP contribution in [0.4, 0.5) is 14.5 Å². The van der Waals surface area contributed by atoms with Gasteiger partial charge in [0.25, 0.3) is 11.8 Å². The molecule has 2 amide bonds. The lowest BCUT2D eigenvalue weighted by molar-refractivity contribution is -0.117. The van der Waals surface area contributed by atoms with Crippen LogP contribution in [-0.2, 0) is 9.59 Å². The topological polar surface area (TPSA) is 131 Å². The molecule has 2 heterocycles. The molecule has 8 nitrogen and oxygen atoms in total. The van der Waals surface area contributed by atoms with Crippen molar-refractivity contribution >= 4 is 28.9 Å². The van der Waals surface area contributed by atoms with Crippen LogP contribution in [-0.4, -0.2) is 32.5 Å². The Kier molecular flexibility index (Phi) is 6.43. The molecule has 4 rings (SSSR count). The Morgan fingerprint density at radius 3 is 2.47 bits per heavy atom. The van der Waals surface area contributed by atoms with Gasteiger partial charge in [0.1, 0.15) is 5.69 Å². The second-order valence-corrected chi connectivity index (χ2v) is 8.16. The number of aryl methyl sites for hydroxylation is 2. The monoisotopic (exact) mass is 489 g/mol. The van der Waals surface area contributed by atoms with E-state index >= 15 is 4.39 Å². The highest BCUT2D eigenvalue weighted by Crippen LogP contribution is 2.41. The summed E-state index contributed by atoms with van der Waals surface area (Å²) in [5.74, 6) is -5.90. The molecule has 3 aromatic rings. The average molecular weight is 489 g/mol. The number of anilines is 1. The highest BCUT2D eigenvalue weighted by Gasteiger charge is 2.35. The first-order valence-electron chi connectivity index (χ1n) is 10.8. The minimum Gasteiger partial charge on any atom is -0.364 e. The number of hydrogen-bond donors (Lipinski definition) is 3. The predicted octanol–water partition coefficient (Wildman–Crippen LogP) is 4.21. The Morgan fingerprint density at radius 1 is 1.17 bits per heavy atom. The van der Waals surface area contributed by atoms with Crippen molar-refractivity contribution in [3.05, 3.63) is 95.4 Å². The van der Waals surface area contributed by atoms with Crippen LogP contribution in [0.2, 0.25) is 0 Å². The van der Waals surface area contributed by atoms with Gasteiger partial charge in [0, 0.05) is 34.4 Å². The van der Waals surface area contributed by atoms with Crippen molar-refractivity contribution in [3.8, 4) is 11.1 Å². The fraction of sp³-hybridized carbons (Fsp3) is 0.115. The van der Waals surface area contributed by atoms with Crippen LogP contribution in [0, 0.1) is 13.8 Å². The predicted molar refractivity (Wildman–Crippen MR) is 130 cm³/mol. The first-order valence-corrected chi connectivity index (χ1v) is 10.8. The minimum absolute atomic E-state index is 0.0281. The Hall–Kier alpha value is -4.73. The van der Waals surface area contributed by atoms with E-state index in [4.69, 9.17) is 5.73 Å². The van der Waals surface area contributed by atoms with Gasteiger partial charge in [-0.3, -0.25) is 14.4 Å². The molecule has 1 atom stereocenters. The first-order chi connectivity index (χ1) is 17.1. The van der Waals surface area contributed by atoms with Gasteiger partial charge < -0.3 is 16.0 Å². The molecular weight excluding hydrogens is 468 g/mol. The number of nitrogens with zero attached hydrogens (tertiary/aromatic N) is 2. The Labute approximate surface area is 204 Å². The normalized spacial score (nSPS) is 15.2. The number of allylic oxidation sites excluding steroid dienone is 4. The molecule has 1 unspecified atom stereocenters. The molecule has 2 aromatic heterocycles. The maximum absolute atomic E-state index is 15.3. The minimum atomic E-state index is -1.14. The molecule has 0 saturated heterocycles. The fourth-order valence-corrected chi connectivity index (χ4v) is 4.04. The molecular formula is C26H21F2N5O3. The van der Waals surface area contributed by atoms with Gasteiger partial charge in [-0.05, 0) is 37.6 Å². The number of amides is 2. The Bertz CT molecular complexity index is 1490. The zero-order chi connectivity index (χ0) is 26.1. The molecule has 36 heavy (non-hydrogen) atoms. The quantitative estimate of drug-likeness (QED) is 0.447. The molecule has 0 aliphatic heterocycles. The summed E-state index contributed by atoms with van der Waals surface area (Å²) in [6, 6.07) is 7.90. The van der Waals surface area contributed by atoms with Gasteiger partial charge in [0.15, 0.2) is 17.5 Å². The maximum Gasteiger partial charge on any atom is 0.283 e. The van der Waals surface area contributed by atoms with E-state index in [9.17, 15) is 18.8 Å². The molecule has 0 saturated carbocycles. The van der Waals surface area contributed by atoms with Crippen molar-refractivity contribution in [2.75, 3.05) is 5.32 Å². The molecule has 4 N–H and O–H groups in total. The number of H-pyrrole nitrogens is 1. The third kappa shape index (κ3) is 4.48. The maximum atomic E-state index is 15.3. The second kappa shape index (κ2) is 9.49. The Morgan fingerprint density at radius 2 is 1.86 bits per heavy atom. The van der Waals surface area contributed by atoms with Gasteiger partial charge in [-0.15, -0.1) is 0 Å². The standard InChI is InChI=1S/C26H21F2N5O3/c1-12-10-11-30-25(31-12)18-9-8-17(23(34)21(18)28)20-19(14(3)32-22(20)24(29)35)15-4-6-16(7-5-15)33-26(36)13(2)27/h4-11,17,32H,2H2,1,3H3,(H2,29,35)(H,33,36). The molecule has 182 valence electrons. The van der Waals surface area contributed by atoms with E-state index in [0.29, 0.717) is 28.2 Å². The SMILES string of the molecule is C=C(F)C(=O)Nc1ccc(-c2c(C)[nH]c(C(N)=O)c2C2C=CC(c3nccc(C)n3)=C(F)C2=O)cc1. The number of benzene rings is 1. The number of aromatic nitrogens is 3. The number of halogens is 2. The number of nitrogens with two attached hydrogens (primary N) is 1. The molecule has 0 spiro atoms. The van der Waals surface area contributed by atoms with Crippen LogP contribution < -0.4 is 11.1 Å². The summed E-state index contributed by atoms with van der Waals surface area (Å²) in [4.78, 5) is 48.1. The van der Waals surface area contributed by atoms with Gasteiger partial charge in [-0.1, -0.05) is 30.9 Å². The van der Waals surface area contributed by atoms with E-state index in [-0.39, 0.29) is 22.7 Å². The number of primary amides is 1. The summed E-state index contributed by atoms with van der Waals surface area (Å²) >= 11 is 0. The molecule has 0 bridgehead atoms. The van der Waals surface area contributed by atoms with E-state index in [1.54, 1.807) is 32.0 Å². The molecule has 1 aliphatic rings. The number of hydrogen-bond acceptors (Lipinski definition) is 5. The number of carbonyl (C=O) groups is 3. The molecule has 0 fully saturated rings. The van der Waals surface area contributed by atoms with E-state index in [0.717, 1.165) is 0 Å². The zero-order valence-corrected chi connectivity index (χ0v) is 19.4. The van der Waals surface area contributed by atoms with Crippen molar-refractivity contribution in [1.82, 2.24) is 15.0 Å². The van der Waals surface area contributed by atoms with E-state index in [2.05, 4.69) is 26.8 Å². The van der Waals surface area contributed by atoms with Crippen molar-refractivity contribution in [2.24, 2.45) is 5.73 Å².